The quantitative estimate of drug-likeness (QED) is 0.499. The number of nitro groups is 1. The summed E-state index contributed by atoms with van der Waals surface area (Å²) in [7, 11) is 0. The van der Waals surface area contributed by atoms with Gasteiger partial charge in [-0.2, -0.15) is 5.10 Å². The maximum Gasteiger partial charge on any atom is 0.273 e. The van der Waals surface area contributed by atoms with Crippen molar-refractivity contribution in [1.82, 2.24) is 15.1 Å². The Morgan fingerprint density at radius 3 is 2.90 bits per heavy atom. The molecule has 0 aliphatic rings. The largest absolute Gasteiger partial charge is 0.352 e. The molecular formula is C14H16N4O3. The highest BCUT2D eigenvalue weighted by atomic mass is 16.6. The van der Waals surface area contributed by atoms with E-state index in [0.29, 0.717) is 24.2 Å². The molecule has 0 radical (unpaired) electrons. The Balaban J connectivity index is 1.91. The molecule has 21 heavy (non-hydrogen) atoms. The SMILES string of the molecule is Cc1c(C(=O)NCCCn2cccn2)cccc1[N+](=O)[O-]. The minimum atomic E-state index is -0.482. The van der Waals surface area contributed by atoms with Crippen LogP contribution >= 0.6 is 0 Å². The van der Waals surface area contributed by atoms with E-state index >= 15 is 0 Å². The highest BCUT2D eigenvalue weighted by molar-refractivity contribution is 5.96. The number of nitro benzene ring substituents is 1. The summed E-state index contributed by atoms with van der Waals surface area (Å²) in [5.41, 5.74) is 0.676. The minimum absolute atomic E-state index is 0.0424. The second-order valence-corrected chi connectivity index (χ2v) is 4.59. The maximum absolute atomic E-state index is 12.0. The lowest BCUT2D eigenvalue weighted by molar-refractivity contribution is -0.385. The summed E-state index contributed by atoms with van der Waals surface area (Å²) >= 11 is 0. The van der Waals surface area contributed by atoms with Crippen molar-refractivity contribution in [3.63, 3.8) is 0 Å². The second kappa shape index (κ2) is 6.65. The van der Waals surface area contributed by atoms with Crippen molar-refractivity contribution in [1.29, 1.82) is 0 Å². The van der Waals surface area contributed by atoms with Gasteiger partial charge in [-0.15, -0.1) is 0 Å². The summed E-state index contributed by atoms with van der Waals surface area (Å²) in [6.07, 6.45) is 4.29. The third-order valence-electron chi connectivity index (χ3n) is 3.16. The second-order valence-electron chi connectivity index (χ2n) is 4.59. The number of rotatable bonds is 6. The first-order valence-electron chi connectivity index (χ1n) is 6.59. The lowest BCUT2D eigenvalue weighted by Crippen LogP contribution is -2.26. The molecule has 0 spiro atoms. The van der Waals surface area contributed by atoms with E-state index in [-0.39, 0.29) is 11.6 Å². The van der Waals surface area contributed by atoms with Gasteiger partial charge in [-0.05, 0) is 25.5 Å². The number of nitrogens with one attached hydrogen (secondary N) is 1. The van der Waals surface area contributed by atoms with Gasteiger partial charge in [0, 0.05) is 42.7 Å². The van der Waals surface area contributed by atoms with Gasteiger partial charge in [-0.3, -0.25) is 19.6 Å². The molecule has 0 saturated carbocycles. The first-order valence-corrected chi connectivity index (χ1v) is 6.59. The number of nitrogens with zero attached hydrogens (tertiary/aromatic N) is 3. The lowest BCUT2D eigenvalue weighted by atomic mass is 10.1. The van der Waals surface area contributed by atoms with Crippen molar-refractivity contribution in [3.8, 4) is 0 Å². The van der Waals surface area contributed by atoms with E-state index in [1.54, 1.807) is 23.9 Å². The first kappa shape index (κ1) is 14.7. The van der Waals surface area contributed by atoms with Crippen LogP contribution in [0.4, 0.5) is 5.69 Å². The molecule has 7 nitrogen and oxygen atoms in total. The van der Waals surface area contributed by atoms with Gasteiger partial charge >= 0.3 is 0 Å². The van der Waals surface area contributed by atoms with E-state index in [1.165, 1.54) is 12.1 Å². The van der Waals surface area contributed by atoms with Crippen molar-refractivity contribution in [2.75, 3.05) is 6.54 Å². The maximum atomic E-state index is 12.0. The summed E-state index contributed by atoms with van der Waals surface area (Å²) in [6.45, 7) is 2.78. The molecule has 1 aromatic carbocycles. The smallest absolute Gasteiger partial charge is 0.273 e. The molecule has 1 amide bonds. The molecule has 0 aliphatic heterocycles. The van der Waals surface area contributed by atoms with Gasteiger partial charge in [0.15, 0.2) is 0 Å². The molecule has 1 aromatic heterocycles. The molecule has 2 rings (SSSR count). The average Bonchev–Trinajstić information content (AvgIpc) is 2.96. The summed E-state index contributed by atoms with van der Waals surface area (Å²) < 4.78 is 1.78. The number of hydrogen-bond donors (Lipinski definition) is 1. The third-order valence-corrected chi connectivity index (χ3v) is 3.16. The third kappa shape index (κ3) is 3.65. The van der Waals surface area contributed by atoms with E-state index in [0.717, 1.165) is 6.42 Å². The predicted molar refractivity (Wildman–Crippen MR) is 77.0 cm³/mol. The fraction of sp³-hybridized carbons (Fsp3) is 0.286. The van der Waals surface area contributed by atoms with Gasteiger partial charge < -0.3 is 5.32 Å². The molecule has 0 saturated heterocycles. The van der Waals surface area contributed by atoms with Crippen LogP contribution < -0.4 is 5.32 Å². The normalized spacial score (nSPS) is 10.3. The number of carbonyl (C=O) groups excluding carboxylic acids is 1. The van der Waals surface area contributed by atoms with E-state index in [9.17, 15) is 14.9 Å². The van der Waals surface area contributed by atoms with Crippen molar-refractivity contribution in [2.45, 2.75) is 19.9 Å². The molecule has 0 aliphatic carbocycles. The zero-order chi connectivity index (χ0) is 15.2. The van der Waals surface area contributed by atoms with Gasteiger partial charge in [-0.25, -0.2) is 0 Å². The van der Waals surface area contributed by atoms with Crippen LogP contribution in [0.3, 0.4) is 0 Å². The van der Waals surface area contributed by atoms with Crippen LogP contribution in [0.2, 0.25) is 0 Å². The fourth-order valence-corrected chi connectivity index (χ4v) is 2.04. The van der Waals surface area contributed by atoms with Crippen LogP contribution in [0.5, 0.6) is 0 Å². The van der Waals surface area contributed by atoms with Gasteiger partial charge in [0.1, 0.15) is 0 Å². The lowest BCUT2D eigenvalue weighted by Gasteiger charge is -2.08. The topological polar surface area (TPSA) is 90.1 Å². The summed E-state index contributed by atoms with van der Waals surface area (Å²) in [5, 5.41) is 17.7. The monoisotopic (exact) mass is 288 g/mol. The van der Waals surface area contributed by atoms with Crippen LogP contribution in [0.15, 0.2) is 36.7 Å². The average molecular weight is 288 g/mol. The Kier molecular flexibility index (Phi) is 4.65. The van der Waals surface area contributed by atoms with Crippen molar-refractivity contribution in [2.24, 2.45) is 0 Å². The summed E-state index contributed by atoms with van der Waals surface area (Å²) in [4.78, 5) is 22.4. The number of hydrogen-bond acceptors (Lipinski definition) is 4. The van der Waals surface area contributed by atoms with Crippen LogP contribution in [0.1, 0.15) is 22.3 Å². The molecule has 0 unspecified atom stereocenters. The fourth-order valence-electron chi connectivity index (χ4n) is 2.04. The molecule has 1 N–H and O–H groups in total. The molecule has 7 heteroatoms. The number of amides is 1. The number of carbonyl (C=O) groups is 1. The van der Waals surface area contributed by atoms with Gasteiger partial charge in [-0.1, -0.05) is 6.07 Å². The molecule has 0 fully saturated rings. The number of aryl methyl sites for hydroxylation is 1. The number of aromatic nitrogens is 2. The van der Waals surface area contributed by atoms with Crippen molar-refractivity contribution < 1.29 is 9.72 Å². The van der Waals surface area contributed by atoms with Gasteiger partial charge in [0.2, 0.25) is 0 Å². The highest BCUT2D eigenvalue weighted by Gasteiger charge is 2.17. The Labute approximate surface area is 121 Å². The Hall–Kier alpha value is -2.70. The van der Waals surface area contributed by atoms with Crippen molar-refractivity contribution >= 4 is 11.6 Å². The zero-order valence-electron chi connectivity index (χ0n) is 11.7. The van der Waals surface area contributed by atoms with E-state index in [4.69, 9.17) is 0 Å². The Bertz CT molecular complexity index is 638. The van der Waals surface area contributed by atoms with Crippen molar-refractivity contribution in [3.05, 3.63) is 57.9 Å². The molecule has 110 valence electrons. The van der Waals surface area contributed by atoms with Crippen LogP contribution in [0, 0.1) is 17.0 Å². The molecule has 0 atom stereocenters. The molecular weight excluding hydrogens is 272 g/mol. The predicted octanol–water partition coefficient (Wildman–Crippen LogP) is 1.92. The van der Waals surface area contributed by atoms with E-state index in [1.807, 2.05) is 12.3 Å². The Morgan fingerprint density at radius 2 is 2.24 bits per heavy atom. The zero-order valence-corrected chi connectivity index (χ0v) is 11.7. The van der Waals surface area contributed by atoms with E-state index < -0.39 is 4.92 Å². The van der Waals surface area contributed by atoms with E-state index in [2.05, 4.69) is 10.4 Å². The first-order chi connectivity index (χ1) is 10.1. The van der Waals surface area contributed by atoms with Gasteiger partial charge in [0.25, 0.3) is 11.6 Å². The van der Waals surface area contributed by atoms with Gasteiger partial charge in [0.05, 0.1) is 4.92 Å². The molecule has 1 heterocycles. The minimum Gasteiger partial charge on any atom is -0.352 e. The Morgan fingerprint density at radius 1 is 1.43 bits per heavy atom. The van der Waals surface area contributed by atoms with Crippen LogP contribution in [0.25, 0.3) is 0 Å². The standard InChI is InChI=1S/C14H16N4O3/c1-11-12(5-2-6-13(11)18(20)21)14(19)15-7-3-9-17-10-4-8-16-17/h2,4-6,8,10H,3,7,9H2,1H3,(H,15,19). The molecule has 2 aromatic rings. The van der Waals surface area contributed by atoms with Crippen LogP contribution in [-0.2, 0) is 6.54 Å². The summed E-state index contributed by atoms with van der Waals surface area (Å²) in [5.74, 6) is -0.295. The summed E-state index contributed by atoms with van der Waals surface area (Å²) in [6, 6.07) is 6.34. The number of benzene rings is 1. The molecule has 0 bridgehead atoms. The highest BCUT2D eigenvalue weighted by Crippen LogP contribution is 2.20. The van der Waals surface area contributed by atoms with Crippen LogP contribution in [-0.4, -0.2) is 27.2 Å².